The van der Waals surface area contributed by atoms with Gasteiger partial charge in [0.2, 0.25) is 0 Å². The molecule has 14 heavy (non-hydrogen) atoms. The minimum atomic E-state index is 0.789. The Labute approximate surface area is 87.8 Å². The van der Waals surface area contributed by atoms with E-state index in [1.165, 1.54) is 0 Å². The number of methoxy groups -OCH3 is 2. The van der Waals surface area contributed by atoms with Gasteiger partial charge in [-0.15, -0.1) is 0 Å². The van der Waals surface area contributed by atoms with E-state index in [9.17, 15) is 0 Å². The Hall–Kier alpha value is -0.160. The van der Waals surface area contributed by atoms with Crippen molar-refractivity contribution in [3.05, 3.63) is 0 Å². The fraction of sp³-hybridized carbons (Fsp3) is 1.00. The molecule has 86 valence electrons. The molecule has 0 bridgehead atoms. The molecule has 0 aliphatic heterocycles. The molecule has 0 aromatic carbocycles. The lowest BCUT2D eigenvalue weighted by Crippen LogP contribution is -2.36. The van der Waals surface area contributed by atoms with Gasteiger partial charge in [-0.05, 0) is 14.1 Å². The third kappa shape index (κ3) is 8.44. The van der Waals surface area contributed by atoms with Crippen LogP contribution in [0.15, 0.2) is 0 Å². The summed E-state index contributed by atoms with van der Waals surface area (Å²) in [7, 11) is 7.65. The van der Waals surface area contributed by atoms with Crippen molar-refractivity contribution in [2.24, 2.45) is 0 Å². The van der Waals surface area contributed by atoms with Crippen molar-refractivity contribution in [1.82, 2.24) is 9.80 Å². The highest BCUT2D eigenvalue weighted by molar-refractivity contribution is 4.58. The second kappa shape index (κ2) is 9.40. The summed E-state index contributed by atoms with van der Waals surface area (Å²) in [6.45, 7) is 5.68. The number of likely N-dealkylation sites (N-methyl/N-ethyl adjacent to an activating group) is 1. The minimum absolute atomic E-state index is 0.789. The monoisotopic (exact) mass is 204 g/mol. The molecule has 0 spiro atoms. The molecule has 0 atom stereocenters. The van der Waals surface area contributed by atoms with E-state index >= 15 is 0 Å². The largest absolute Gasteiger partial charge is 0.383 e. The summed E-state index contributed by atoms with van der Waals surface area (Å²) in [6.07, 6.45) is 0. The van der Waals surface area contributed by atoms with E-state index in [1.54, 1.807) is 14.2 Å². The average molecular weight is 204 g/mol. The van der Waals surface area contributed by atoms with Gasteiger partial charge in [0.05, 0.1) is 13.2 Å². The van der Waals surface area contributed by atoms with Gasteiger partial charge in [0, 0.05) is 40.4 Å². The van der Waals surface area contributed by atoms with Gasteiger partial charge in [-0.3, -0.25) is 4.90 Å². The van der Waals surface area contributed by atoms with Crippen LogP contribution >= 0.6 is 0 Å². The first kappa shape index (κ1) is 13.8. The SMILES string of the molecule is COCCN(CCOC)CCN(C)C. The van der Waals surface area contributed by atoms with Crippen LogP contribution in [0.3, 0.4) is 0 Å². The van der Waals surface area contributed by atoms with Crippen molar-refractivity contribution in [1.29, 1.82) is 0 Å². The highest BCUT2D eigenvalue weighted by atomic mass is 16.5. The molecule has 0 saturated heterocycles. The first-order valence-electron chi connectivity index (χ1n) is 5.05. The van der Waals surface area contributed by atoms with Crippen LogP contribution in [0, 0.1) is 0 Å². The van der Waals surface area contributed by atoms with Crippen LogP contribution < -0.4 is 0 Å². The van der Waals surface area contributed by atoms with E-state index < -0.39 is 0 Å². The van der Waals surface area contributed by atoms with E-state index in [0.29, 0.717) is 0 Å². The van der Waals surface area contributed by atoms with Crippen LogP contribution in [0.4, 0.5) is 0 Å². The topological polar surface area (TPSA) is 24.9 Å². The number of hydrogen-bond acceptors (Lipinski definition) is 4. The quantitative estimate of drug-likeness (QED) is 0.533. The molecule has 0 aromatic heterocycles. The van der Waals surface area contributed by atoms with Crippen molar-refractivity contribution in [2.45, 2.75) is 0 Å². The van der Waals surface area contributed by atoms with Crippen molar-refractivity contribution in [2.75, 3.05) is 67.7 Å². The minimum Gasteiger partial charge on any atom is -0.383 e. The zero-order valence-corrected chi connectivity index (χ0v) is 9.95. The van der Waals surface area contributed by atoms with Gasteiger partial charge in [-0.2, -0.15) is 0 Å². The molecule has 0 saturated carbocycles. The molecule has 4 nitrogen and oxygen atoms in total. The van der Waals surface area contributed by atoms with Gasteiger partial charge in [0.25, 0.3) is 0 Å². The van der Waals surface area contributed by atoms with Crippen molar-refractivity contribution >= 4 is 0 Å². The maximum atomic E-state index is 5.06. The van der Waals surface area contributed by atoms with E-state index in [4.69, 9.17) is 9.47 Å². The molecule has 0 aliphatic carbocycles. The summed E-state index contributed by atoms with van der Waals surface area (Å²) < 4.78 is 10.1. The summed E-state index contributed by atoms with van der Waals surface area (Å²) in [5, 5.41) is 0. The molecule has 4 heteroatoms. The van der Waals surface area contributed by atoms with Gasteiger partial charge in [0.15, 0.2) is 0 Å². The molecule has 0 fully saturated rings. The molecule has 0 unspecified atom stereocenters. The highest BCUT2D eigenvalue weighted by Gasteiger charge is 2.04. The van der Waals surface area contributed by atoms with Gasteiger partial charge < -0.3 is 14.4 Å². The smallest absolute Gasteiger partial charge is 0.0589 e. The molecule has 0 radical (unpaired) electrons. The molecule has 0 aliphatic rings. The van der Waals surface area contributed by atoms with Crippen molar-refractivity contribution in [3.8, 4) is 0 Å². The van der Waals surface area contributed by atoms with E-state index in [0.717, 1.165) is 39.4 Å². The van der Waals surface area contributed by atoms with Crippen LogP contribution in [-0.2, 0) is 9.47 Å². The lowest BCUT2D eigenvalue weighted by Gasteiger charge is -2.23. The van der Waals surface area contributed by atoms with Crippen LogP contribution in [0.5, 0.6) is 0 Å². The Kier molecular flexibility index (Phi) is 9.29. The lowest BCUT2D eigenvalue weighted by molar-refractivity contribution is 0.109. The fourth-order valence-corrected chi connectivity index (χ4v) is 1.12. The van der Waals surface area contributed by atoms with E-state index in [2.05, 4.69) is 23.9 Å². The van der Waals surface area contributed by atoms with Gasteiger partial charge in [-0.1, -0.05) is 0 Å². The Morgan fingerprint density at radius 2 is 1.29 bits per heavy atom. The van der Waals surface area contributed by atoms with Gasteiger partial charge in [0.1, 0.15) is 0 Å². The Balaban J connectivity index is 3.60. The molecule has 0 N–H and O–H groups in total. The first-order chi connectivity index (χ1) is 6.70. The maximum absolute atomic E-state index is 5.06. The molecule has 0 aromatic rings. The molecular formula is C10H24N2O2. The third-order valence-corrected chi connectivity index (χ3v) is 2.09. The van der Waals surface area contributed by atoms with Crippen LogP contribution in [0.2, 0.25) is 0 Å². The Morgan fingerprint density at radius 1 is 0.786 bits per heavy atom. The third-order valence-electron chi connectivity index (χ3n) is 2.09. The normalized spacial score (nSPS) is 11.6. The molecule has 0 amide bonds. The Bertz CT molecular complexity index is 113. The first-order valence-corrected chi connectivity index (χ1v) is 5.05. The molecule has 0 rings (SSSR count). The summed E-state index contributed by atoms with van der Waals surface area (Å²) in [4.78, 5) is 4.54. The standard InChI is InChI=1S/C10H24N2O2/c1-11(2)5-6-12(7-9-13-3)8-10-14-4/h5-10H2,1-4H3. The predicted octanol–water partition coefficient (Wildman–Crippen LogP) is 0.143. The summed E-state index contributed by atoms with van der Waals surface area (Å²) in [5.41, 5.74) is 0. The maximum Gasteiger partial charge on any atom is 0.0589 e. The number of ether oxygens (including phenoxy) is 2. The highest BCUT2D eigenvalue weighted by Crippen LogP contribution is 1.90. The average Bonchev–Trinajstić information content (AvgIpc) is 2.16. The van der Waals surface area contributed by atoms with Crippen LogP contribution in [0.25, 0.3) is 0 Å². The van der Waals surface area contributed by atoms with E-state index in [-0.39, 0.29) is 0 Å². The van der Waals surface area contributed by atoms with Crippen molar-refractivity contribution in [3.63, 3.8) is 0 Å². The fourth-order valence-electron chi connectivity index (χ4n) is 1.12. The number of rotatable bonds is 9. The molecule has 0 heterocycles. The molecular weight excluding hydrogens is 180 g/mol. The van der Waals surface area contributed by atoms with Crippen LogP contribution in [0.1, 0.15) is 0 Å². The van der Waals surface area contributed by atoms with Crippen LogP contribution in [-0.4, -0.2) is 77.5 Å². The van der Waals surface area contributed by atoms with E-state index in [1.807, 2.05) is 0 Å². The van der Waals surface area contributed by atoms with Crippen molar-refractivity contribution < 1.29 is 9.47 Å². The predicted molar refractivity (Wildman–Crippen MR) is 58.7 cm³/mol. The number of hydrogen-bond donors (Lipinski definition) is 0. The number of nitrogens with zero attached hydrogens (tertiary/aromatic N) is 2. The van der Waals surface area contributed by atoms with Gasteiger partial charge in [-0.25, -0.2) is 0 Å². The summed E-state index contributed by atoms with van der Waals surface area (Å²) >= 11 is 0. The zero-order valence-electron chi connectivity index (χ0n) is 9.95. The second-order valence-corrected chi connectivity index (χ2v) is 3.63. The Morgan fingerprint density at radius 3 is 1.64 bits per heavy atom. The summed E-state index contributed by atoms with van der Waals surface area (Å²) in [5.74, 6) is 0. The zero-order chi connectivity index (χ0) is 10.8. The lowest BCUT2D eigenvalue weighted by atomic mass is 10.4. The van der Waals surface area contributed by atoms with Gasteiger partial charge >= 0.3 is 0 Å². The second-order valence-electron chi connectivity index (χ2n) is 3.63. The summed E-state index contributed by atoms with van der Waals surface area (Å²) in [6, 6.07) is 0.